The van der Waals surface area contributed by atoms with Gasteiger partial charge in [-0.3, -0.25) is 0 Å². The van der Waals surface area contributed by atoms with Crippen LogP contribution in [-0.2, 0) is 0 Å². The van der Waals surface area contributed by atoms with E-state index in [1.54, 1.807) is 18.2 Å². The molecular weight excluding hydrogens is 385 g/mol. The molecule has 0 radical (unpaired) electrons. The SMILES string of the molecule is CCC[C@H]1CC[C@H](c2c(-c3ccc(C#N)c(F)c3)ccc(C(=O)O)c2C(=O)O)CC1. The van der Waals surface area contributed by atoms with Crippen LogP contribution in [0.15, 0.2) is 30.3 Å². The second-order valence-electron chi connectivity index (χ2n) is 7.87. The van der Waals surface area contributed by atoms with Crippen molar-refractivity contribution in [3.63, 3.8) is 0 Å². The number of carboxylic acids is 2. The van der Waals surface area contributed by atoms with Crippen molar-refractivity contribution < 1.29 is 24.2 Å². The molecule has 0 unspecified atom stereocenters. The molecule has 0 spiro atoms. The number of nitrogens with zero attached hydrogens (tertiary/aromatic N) is 1. The second-order valence-corrected chi connectivity index (χ2v) is 7.87. The van der Waals surface area contributed by atoms with E-state index in [1.807, 2.05) is 0 Å². The molecule has 2 aromatic carbocycles. The molecular formula is C24H24FNO4. The molecule has 0 aromatic heterocycles. The lowest BCUT2D eigenvalue weighted by molar-refractivity contribution is 0.0649. The molecule has 2 N–H and O–H groups in total. The molecule has 3 rings (SSSR count). The summed E-state index contributed by atoms with van der Waals surface area (Å²) >= 11 is 0. The summed E-state index contributed by atoms with van der Waals surface area (Å²) < 4.78 is 14.3. The van der Waals surface area contributed by atoms with Gasteiger partial charge in [-0.2, -0.15) is 5.26 Å². The van der Waals surface area contributed by atoms with Crippen LogP contribution in [0, 0.1) is 23.1 Å². The van der Waals surface area contributed by atoms with E-state index >= 15 is 0 Å². The average Bonchev–Trinajstić information content (AvgIpc) is 2.73. The smallest absolute Gasteiger partial charge is 0.336 e. The number of aromatic carboxylic acids is 2. The molecule has 0 aliphatic heterocycles. The molecule has 0 saturated heterocycles. The quantitative estimate of drug-likeness (QED) is 0.625. The summed E-state index contributed by atoms with van der Waals surface area (Å²) in [5.41, 5.74) is 0.841. The number of carboxylic acid groups (broad SMARTS) is 2. The minimum Gasteiger partial charge on any atom is -0.478 e. The first-order valence-corrected chi connectivity index (χ1v) is 10.2. The summed E-state index contributed by atoms with van der Waals surface area (Å²) in [6, 6.07) is 8.75. The lowest BCUT2D eigenvalue weighted by Crippen LogP contribution is -2.19. The van der Waals surface area contributed by atoms with E-state index in [-0.39, 0.29) is 22.6 Å². The predicted molar refractivity (Wildman–Crippen MR) is 110 cm³/mol. The maximum Gasteiger partial charge on any atom is 0.336 e. The molecule has 1 saturated carbocycles. The van der Waals surface area contributed by atoms with Gasteiger partial charge in [-0.05, 0) is 72.4 Å². The third-order valence-corrected chi connectivity index (χ3v) is 6.04. The van der Waals surface area contributed by atoms with Crippen molar-refractivity contribution in [1.82, 2.24) is 0 Å². The van der Waals surface area contributed by atoms with Gasteiger partial charge in [-0.15, -0.1) is 0 Å². The zero-order valence-electron chi connectivity index (χ0n) is 16.8. The van der Waals surface area contributed by atoms with Gasteiger partial charge in [0.05, 0.1) is 16.7 Å². The van der Waals surface area contributed by atoms with Gasteiger partial charge in [0, 0.05) is 0 Å². The molecule has 5 nitrogen and oxygen atoms in total. The zero-order chi connectivity index (χ0) is 21.8. The number of benzene rings is 2. The molecule has 1 aliphatic carbocycles. The van der Waals surface area contributed by atoms with Crippen LogP contribution >= 0.6 is 0 Å². The standard InChI is InChI=1S/C24H24FNO4/c1-2-3-14-4-6-15(7-5-14)21-18(16-8-9-17(13-26)20(25)12-16)10-11-19(23(27)28)22(21)24(29)30/h8-12,14-15H,2-7H2,1H3,(H,27,28)(H,29,30)/t14-,15-. The van der Waals surface area contributed by atoms with Gasteiger partial charge in [-0.1, -0.05) is 31.9 Å². The normalized spacial score (nSPS) is 18.6. The van der Waals surface area contributed by atoms with Crippen molar-refractivity contribution in [3.8, 4) is 17.2 Å². The summed E-state index contributed by atoms with van der Waals surface area (Å²) in [6.45, 7) is 2.14. The molecule has 0 bridgehead atoms. The van der Waals surface area contributed by atoms with E-state index in [0.717, 1.165) is 38.5 Å². The minimum atomic E-state index is -1.30. The van der Waals surface area contributed by atoms with E-state index in [2.05, 4.69) is 6.92 Å². The molecule has 0 atom stereocenters. The van der Waals surface area contributed by atoms with Gasteiger partial charge in [-0.25, -0.2) is 14.0 Å². The molecule has 0 heterocycles. The third-order valence-electron chi connectivity index (χ3n) is 6.04. The van der Waals surface area contributed by atoms with Gasteiger partial charge in [0.15, 0.2) is 0 Å². The van der Waals surface area contributed by atoms with E-state index in [4.69, 9.17) is 5.26 Å². The number of nitriles is 1. The summed E-state index contributed by atoms with van der Waals surface area (Å²) in [7, 11) is 0. The van der Waals surface area contributed by atoms with Crippen molar-refractivity contribution in [2.45, 2.75) is 51.4 Å². The highest BCUT2D eigenvalue weighted by atomic mass is 19.1. The minimum absolute atomic E-state index is 0.0963. The predicted octanol–water partition coefficient (Wildman–Crippen LogP) is 5.83. The van der Waals surface area contributed by atoms with Crippen molar-refractivity contribution in [2.75, 3.05) is 0 Å². The van der Waals surface area contributed by atoms with Crippen LogP contribution in [0.4, 0.5) is 4.39 Å². The molecule has 1 aliphatic rings. The number of carbonyl (C=O) groups is 2. The zero-order valence-corrected chi connectivity index (χ0v) is 16.8. The lowest BCUT2D eigenvalue weighted by Gasteiger charge is -2.31. The Labute approximate surface area is 174 Å². The third kappa shape index (κ3) is 4.20. The Morgan fingerprint density at radius 1 is 1.10 bits per heavy atom. The van der Waals surface area contributed by atoms with Gasteiger partial charge in [0.2, 0.25) is 0 Å². The van der Waals surface area contributed by atoms with E-state index in [9.17, 15) is 24.2 Å². The van der Waals surface area contributed by atoms with Crippen LogP contribution in [0.25, 0.3) is 11.1 Å². The molecule has 0 amide bonds. The fourth-order valence-electron chi connectivity index (χ4n) is 4.63. The Hall–Kier alpha value is -3.20. The van der Waals surface area contributed by atoms with Crippen LogP contribution in [0.1, 0.15) is 83.2 Å². The summed E-state index contributed by atoms with van der Waals surface area (Å²) in [5.74, 6) is -2.80. The van der Waals surface area contributed by atoms with Crippen LogP contribution in [0.3, 0.4) is 0 Å². The van der Waals surface area contributed by atoms with Crippen LogP contribution in [0.2, 0.25) is 0 Å². The van der Waals surface area contributed by atoms with Crippen molar-refractivity contribution in [3.05, 3.63) is 58.4 Å². The second kappa shape index (κ2) is 9.08. The fraction of sp³-hybridized carbons (Fsp3) is 0.375. The summed E-state index contributed by atoms with van der Waals surface area (Å²) in [6.07, 6.45) is 5.66. The van der Waals surface area contributed by atoms with Crippen LogP contribution in [0.5, 0.6) is 0 Å². The molecule has 30 heavy (non-hydrogen) atoms. The number of halogens is 1. The van der Waals surface area contributed by atoms with Gasteiger partial charge >= 0.3 is 11.9 Å². The molecule has 6 heteroatoms. The first kappa shape index (κ1) is 21.5. The summed E-state index contributed by atoms with van der Waals surface area (Å²) in [4.78, 5) is 23.9. The van der Waals surface area contributed by atoms with Gasteiger partial charge in [0.1, 0.15) is 11.9 Å². The molecule has 156 valence electrons. The highest BCUT2D eigenvalue weighted by molar-refractivity contribution is 6.04. The first-order chi connectivity index (χ1) is 14.4. The highest BCUT2D eigenvalue weighted by Crippen LogP contribution is 2.43. The van der Waals surface area contributed by atoms with Crippen molar-refractivity contribution in [1.29, 1.82) is 5.26 Å². The topological polar surface area (TPSA) is 98.4 Å². The molecule has 2 aromatic rings. The average molecular weight is 409 g/mol. The van der Waals surface area contributed by atoms with Crippen LogP contribution in [-0.4, -0.2) is 22.2 Å². The highest BCUT2D eigenvalue weighted by Gasteiger charge is 2.31. The van der Waals surface area contributed by atoms with Crippen molar-refractivity contribution in [2.24, 2.45) is 5.92 Å². The first-order valence-electron chi connectivity index (χ1n) is 10.2. The maximum atomic E-state index is 14.3. The number of rotatable bonds is 6. The Morgan fingerprint density at radius 3 is 2.33 bits per heavy atom. The van der Waals surface area contributed by atoms with E-state index in [1.165, 1.54) is 18.2 Å². The number of hydrogen-bond donors (Lipinski definition) is 2. The van der Waals surface area contributed by atoms with E-state index in [0.29, 0.717) is 22.6 Å². The fourth-order valence-corrected chi connectivity index (χ4v) is 4.63. The largest absolute Gasteiger partial charge is 0.478 e. The maximum absolute atomic E-state index is 14.3. The Bertz CT molecular complexity index is 1020. The Balaban J connectivity index is 2.17. The lowest BCUT2D eigenvalue weighted by atomic mass is 9.73. The van der Waals surface area contributed by atoms with E-state index < -0.39 is 17.8 Å². The Kier molecular flexibility index (Phi) is 6.51. The van der Waals surface area contributed by atoms with Crippen molar-refractivity contribution >= 4 is 11.9 Å². The monoisotopic (exact) mass is 409 g/mol. The summed E-state index contributed by atoms with van der Waals surface area (Å²) in [5, 5.41) is 28.4. The van der Waals surface area contributed by atoms with Gasteiger partial charge in [0.25, 0.3) is 0 Å². The number of hydrogen-bond acceptors (Lipinski definition) is 3. The van der Waals surface area contributed by atoms with Crippen LogP contribution < -0.4 is 0 Å². The van der Waals surface area contributed by atoms with Gasteiger partial charge < -0.3 is 10.2 Å². The molecule has 1 fully saturated rings. The Morgan fingerprint density at radius 2 is 1.80 bits per heavy atom.